The van der Waals surface area contributed by atoms with Gasteiger partial charge in [-0.15, -0.1) is 0 Å². The minimum Gasteiger partial charge on any atom is -0.460 e. The summed E-state index contributed by atoms with van der Waals surface area (Å²) >= 11 is 0. The maximum absolute atomic E-state index is 13.3. The molecule has 4 aliphatic rings. The summed E-state index contributed by atoms with van der Waals surface area (Å²) in [6, 6.07) is 2.01. The van der Waals surface area contributed by atoms with Gasteiger partial charge in [0.05, 0.1) is 36.6 Å². The number of ether oxygens (including phenoxy) is 2. The minimum atomic E-state index is -2.77. The number of esters is 1. The van der Waals surface area contributed by atoms with Crippen molar-refractivity contribution in [2.45, 2.75) is 69.7 Å². The van der Waals surface area contributed by atoms with E-state index in [0.717, 1.165) is 19.8 Å². The van der Waals surface area contributed by atoms with Crippen molar-refractivity contribution in [1.29, 1.82) is 0 Å². The number of hydrogen-bond acceptors (Lipinski definition) is 7. The highest BCUT2D eigenvalue weighted by molar-refractivity contribution is 5.86. The highest BCUT2D eigenvalue weighted by atomic mass is 19.3. The highest BCUT2D eigenvalue weighted by Crippen LogP contribution is 2.50. The lowest BCUT2D eigenvalue weighted by Gasteiger charge is -2.27. The molecule has 150 valence electrons. The molecule has 0 spiro atoms. The first-order valence-corrected chi connectivity index (χ1v) is 9.59. The zero-order chi connectivity index (χ0) is 19.6. The van der Waals surface area contributed by atoms with Gasteiger partial charge in [-0.05, 0) is 33.1 Å². The van der Waals surface area contributed by atoms with Gasteiger partial charge < -0.3 is 14.4 Å². The number of fused-ring (bicyclic) bond motifs is 1. The standard InChI is InChI=1S/C18H21F2N5O3/c1-3-27-16(26)15-21-14-6-9(4-5-18(2,19)20)23-25(14)17(22-15)24-10-7-12-11(24)8-13(10)28-12/h6,10-13H,3-5,7-8H2,1-2H3/t10-,11?,12?,13?/m1/s1. The quantitative estimate of drug-likeness (QED) is 0.695. The fourth-order valence-corrected chi connectivity index (χ4v) is 4.58. The number of nitrogens with zero attached hydrogens (tertiary/aromatic N) is 5. The van der Waals surface area contributed by atoms with Gasteiger partial charge in [-0.2, -0.15) is 14.6 Å². The Morgan fingerprint density at radius 1 is 1.32 bits per heavy atom. The Hall–Kier alpha value is -2.36. The van der Waals surface area contributed by atoms with Crippen LogP contribution in [-0.2, 0) is 15.9 Å². The van der Waals surface area contributed by atoms with Crippen LogP contribution in [0, 0.1) is 0 Å². The van der Waals surface area contributed by atoms with E-state index in [1.165, 1.54) is 0 Å². The molecule has 4 aliphatic heterocycles. The Bertz CT molecular complexity index is 927. The smallest absolute Gasteiger partial charge is 0.376 e. The lowest BCUT2D eigenvalue weighted by atomic mass is 10.0. The number of anilines is 1. The number of morpholine rings is 1. The van der Waals surface area contributed by atoms with Crippen LogP contribution in [-0.4, -0.2) is 62.4 Å². The van der Waals surface area contributed by atoms with Crippen LogP contribution in [0.4, 0.5) is 14.7 Å². The van der Waals surface area contributed by atoms with Crippen molar-refractivity contribution in [3.8, 4) is 0 Å². The topological polar surface area (TPSA) is 81.8 Å². The molecule has 0 N–H and O–H groups in total. The Morgan fingerprint density at radius 3 is 2.64 bits per heavy atom. The summed E-state index contributed by atoms with van der Waals surface area (Å²) in [7, 11) is 0. The van der Waals surface area contributed by atoms with Crippen LogP contribution in [0.25, 0.3) is 5.65 Å². The van der Waals surface area contributed by atoms with Gasteiger partial charge in [0.2, 0.25) is 17.7 Å². The molecule has 0 aromatic carbocycles. The molecule has 8 nitrogen and oxygen atoms in total. The van der Waals surface area contributed by atoms with Crippen LogP contribution in [0.2, 0.25) is 0 Å². The summed E-state index contributed by atoms with van der Waals surface area (Å²) < 4.78 is 39.0. The number of alkyl halides is 2. The predicted octanol–water partition coefficient (Wildman–Crippen LogP) is 2.01. The summed E-state index contributed by atoms with van der Waals surface area (Å²) in [5, 5.41) is 4.47. The molecule has 0 radical (unpaired) electrons. The van der Waals surface area contributed by atoms with Gasteiger partial charge in [0.15, 0.2) is 5.65 Å². The molecule has 6 rings (SSSR count). The molecule has 4 bridgehead atoms. The number of aryl methyl sites for hydroxylation is 1. The van der Waals surface area contributed by atoms with Crippen molar-refractivity contribution in [2.24, 2.45) is 0 Å². The monoisotopic (exact) mass is 393 g/mol. The molecule has 0 saturated carbocycles. The lowest BCUT2D eigenvalue weighted by molar-refractivity contribution is 0.0130. The SMILES string of the molecule is CCOC(=O)c1nc(N2C3CC4OC3C[C@H]42)n2nc(CCC(C)(F)F)cc2n1. The summed E-state index contributed by atoms with van der Waals surface area (Å²) in [5.41, 5.74) is 0.898. The van der Waals surface area contributed by atoms with E-state index in [-0.39, 0.29) is 49.6 Å². The molecule has 2 aromatic heterocycles. The second-order valence-electron chi connectivity index (χ2n) is 7.77. The molecule has 2 aromatic rings. The van der Waals surface area contributed by atoms with Crippen LogP contribution >= 0.6 is 0 Å². The maximum atomic E-state index is 13.3. The average Bonchev–Trinajstić information content (AvgIpc) is 3.41. The van der Waals surface area contributed by atoms with Gasteiger partial charge in [-0.3, -0.25) is 0 Å². The maximum Gasteiger partial charge on any atom is 0.376 e. The largest absolute Gasteiger partial charge is 0.460 e. The van der Waals surface area contributed by atoms with Gasteiger partial charge in [-0.1, -0.05) is 0 Å². The Labute approximate surface area is 159 Å². The zero-order valence-electron chi connectivity index (χ0n) is 15.6. The first kappa shape index (κ1) is 17.7. The van der Waals surface area contributed by atoms with Crippen molar-refractivity contribution in [2.75, 3.05) is 11.5 Å². The van der Waals surface area contributed by atoms with E-state index in [9.17, 15) is 13.6 Å². The predicted molar refractivity (Wildman–Crippen MR) is 93.6 cm³/mol. The second-order valence-corrected chi connectivity index (χ2v) is 7.77. The summed E-state index contributed by atoms with van der Waals surface area (Å²) in [6.07, 6.45) is 1.98. The number of carbonyl (C=O) groups is 1. The van der Waals surface area contributed by atoms with Crippen LogP contribution in [0.1, 0.15) is 49.4 Å². The van der Waals surface area contributed by atoms with E-state index in [2.05, 4.69) is 20.0 Å². The van der Waals surface area contributed by atoms with Crippen molar-refractivity contribution < 1.29 is 23.0 Å². The Morgan fingerprint density at radius 2 is 2.04 bits per heavy atom. The van der Waals surface area contributed by atoms with Crippen molar-refractivity contribution in [3.63, 3.8) is 0 Å². The van der Waals surface area contributed by atoms with E-state index >= 15 is 0 Å². The van der Waals surface area contributed by atoms with Gasteiger partial charge >= 0.3 is 5.97 Å². The number of rotatable bonds is 6. The molecule has 4 fully saturated rings. The van der Waals surface area contributed by atoms with Gasteiger partial charge in [0.1, 0.15) is 0 Å². The van der Waals surface area contributed by atoms with Gasteiger partial charge in [0, 0.05) is 12.5 Å². The highest BCUT2D eigenvalue weighted by Gasteiger charge is 2.61. The fourth-order valence-electron chi connectivity index (χ4n) is 4.58. The lowest BCUT2D eigenvalue weighted by Crippen LogP contribution is -2.39. The average molecular weight is 393 g/mol. The van der Waals surface area contributed by atoms with Crippen LogP contribution in [0.5, 0.6) is 0 Å². The first-order valence-electron chi connectivity index (χ1n) is 9.59. The normalized spacial score (nSPS) is 28.1. The molecular formula is C18H21F2N5O3. The molecule has 4 saturated heterocycles. The Kier molecular flexibility index (Phi) is 3.84. The van der Waals surface area contributed by atoms with Crippen LogP contribution < -0.4 is 4.90 Å². The second kappa shape index (κ2) is 6.07. The summed E-state index contributed by atoms with van der Waals surface area (Å²) in [6.45, 7) is 2.82. The molecule has 6 heterocycles. The third-order valence-corrected chi connectivity index (χ3v) is 5.74. The van der Waals surface area contributed by atoms with Crippen molar-refractivity contribution >= 4 is 17.6 Å². The first-order chi connectivity index (χ1) is 13.3. The molecule has 0 amide bonds. The molecule has 3 unspecified atom stereocenters. The molecule has 4 atom stereocenters. The Balaban J connectivity index is 1.56. The molecule has 28 heavy (non-hydrogen) atoms. The minimum absolute atomic E-state index is 0.0440. The zero-order valence-corrected chi connectivity index (χ0v) is 15.6. The van der Waals surface area contributed by atoms with Crippen LogP contribution in [0.3, 0.4) is 0 Å². The number of hydrogen-bond donors (Lipinski definition) is 0. The summed E-state index contributed by atoms with van der Waals surface area (Å²) in [5.74, 6) is -2.92. The van der Waals surface area contributed by atoms with E-state index in [1.54, 1.807) is 17.5 Å². The van der Waals surface area contributed by atoms with Crippen LogP contribution in [0.15, 0.2) is 6.07 Å². The number of halogens is 2. The fraction of sp³-hybridized carbons (Fsp3) is 0.667. The van der Waals surface area contributed by atoms with E-state index in [0.29, 0.717) is 17.3 Å². The van der Waals surface area contributed by atoms with E-state index in [4.69, 9.17) is 9.47 Å². The number of aromatic nitrogens is 4. The van der Waals surface area contributed by atoms with Gasteiger partial charge in [-0.25, -0.2) is 18.6 Å². The van der Waals surface area contributed by atoms with Crippen molar-refractivity contribution in [1.82, 2.24) is 19.6 Å². The van der Waals surface area contributed by atoms with E-state index < -0.39 is 11.9 Å². The third kappa shape index (κ3) is 2.73. The third-order valence-electron chi connectivity index (χ3n) is 5.74. The molecule has 10 heteroatoms. The van der Waals surface area contributed by atoms with Crippen molar-refractivity contribution in [3.05, 3.63) is 17.6 Å². The molecule has 0 aliphatic carbocycles. The van der Waals surface area contributed by atoms with Gasteiger partial charge in [0.25, 0.3) is 0 Å². The van der Waals surface area contributed by atoms with E-state index in [1.807, 2.05) is 0 Å². The number of carbonyl (C=O) groups excluding carboxylic acids is 1. The molecular weight excluding hydrogens is 372 g/mol. The summed E-state index contributed by atoms with van der Waals surface area (Å²) in [4.78, 5) is 23.1.